The average molecular weight is 273 g/mol. The Hall–Kier alpha value is -1.95. The maximum absolute atomic E-state index is 9.40. The van der Waals surface area contributed by atoms with Crippen LogP contribution in [0.25, 0.3) is 0 Å². The highest BCUT2D eigenvalue weighted by Gasteiger charge is 2.30. The zero-order valence-corrected chi connectivity index (χ0v) is 11.5. The van der Waals surface area contributed by atoms with Crippen LogP contribution in [0.4, 0.5) is 5.82 Å². The summed E-state index contributed by atoms with van der Waals surface area (Å²) in [7, 11) is 0. The number of aryl methyl sites for hydroxylation is 1. The first-order valence-electron chi connectivity index (χ1n) is 6.96. The molecular formula is C14H19N5O. The molecular weight excluding hydrogens is 254 g/mol. The minimum absolute atomic E-state index is 0.160. The molecule has 2 aromatic rings. The largest absolute Gasteiger partial charge is 0.393 e. The van der Waals surface area contributed by atoms with Crippen molar-refractivity contribution >= 4 is 5.82 Å². The van der Waals surface area contributed by atoms with Crippen molar-refractivity contribution in [1.29, 1.82) is 0 Å². The lowest BCUT2D eigenvalue weighted by molar-refractivity contribution is 0.0731. The fourth-order valence-corrected chi connectivity index (χ4v) is 2.47. The summed E-state index contributed by atoms with van der Waals surface area (Å²) in [6, 6.07) is 3.96. The molecule has 0 aromatic carbocycles. The van der Waals surface area contributed by atoms with Crippen LogP contribution in [0.15, 0.2) is 18.3 Å². The highest BCUT2D eigenvalue weighted by Crippen LogP contribution is 2.36. The van der Waals surface area contributed by atoms with Crippen molar-refractivity contribution < 1.29 is 5.11 Å². The summed E-state index contributed by atoms with van der Waals surface area (Å²) in [4.78, 5) is 8.87. The summed E-state index contributed by atoms with van der Waals surface area (Å²) in [6.45, 7) is 2.70. The normalized spacial score (nSPS) is 21.5. The molecule has 1 saturated carbocycles. The Labute approximate surface area is 117 Å². The molecule has 6 nitrogen and oxygen atoms in total. The van der Waals surface area contributed by atoms with E-state index in [9.17, 15) is 5.11 Å². The van der Waals surface area contributed by atoms with E-state index in [1.807, 2.05) is 19.1 Å². The van der Waals surface area contributed by atoms with Gasteiger partial charge in [-0.1, -0.05) is 0 Å². The first kappa shape index (κ1) is 13.1. The fourth-order valence-electron chi connectivity index (χ4n) is 2.47. The number of anilines is 1. The smallest absolute Gasteiger partial charge is 0.129 e. The Balaban J connectivity index is 1.61. The molecule has 0 bridgehead atoms. The van der Waals surface area contributed by atoms with Crippen molar-refractivity contribution in [2.45, 2.75) is 38.2 Å². The number of aromatic amines is 1. The van der Waals surface area contributed by atoms with Gasteiger partial charge in [0, 0.05) is 42.5 Å². The van der Waals surface area contributed by atoms with Crippen molar-refractivity contribution in [3.8, 4) is 0 Å². The van der Waals surface area contributed by atoms with Crippen LogP contribution in [0.3, 0.4) is 0 Å². The standard InChI is InChI=1S/C14H19N5O/c1-9-17-13(10-6-12(20)7-10)8-14(18-9)15-4-2-11-3-5-16-19-11/h3,5,8,10,12,20H,2,4,6-7H2,1H3,(H,16,19)(H,15,17,18). The van der Waals surface area contributed by atoms with E-state index in [1.165, 1.54) is 0 Å². The summed E-state index contributed by atoms with van der Waals surface area (Å²) in [5.41, 5.74) is 2.14. The SMILES string of the molecule is Cc1nc(NCCc2ccn[nH]2)cc(C2CC(O)C2)n1. The van der Waals surface area contributed by atoms with Crippen molar-refractivity contribution in [3.63, 3.8) is 0 Å². The zero-order chi connectivity index (χ0) is 13.9. The second kappa shape index (κ2) is 5.58. The molecule has 6 heteroatoms. The molecule has 1 aliphatic rings. The zero-order valence-electron chi connectivity index (χ0n) is 11.5. The maximum atomic E-state index is 9.40. The number of nitrogens with zero attached hydrogens (tertiary/aromatic N) is 3. The number of hydrogen-bond donors (Lipinski definition) is 3. The number of aromatic nitrogens is 4. The number of nitrogens with one attached hydrogen (secondary N) is 2. The Morgan fingerprint density at radius 2 is 2.25 bits per heavy atom. The van der Waals surface area contributed by atoms with E-state index < -0.39 is 0 Å². The quantitative estimate of drug-likeness (QED) is 0.766. The van der Waals surface area contributed by atoms with E-state index in [-0.39, 0.29) is 6.10 Å². The van der Waals surface area contributed by atoms with E-state index in [1.54, 1.807) is 6.20 Å². The summed E-state index contributed by atoms with van der Waals surface area (Å²) >= 11 is 0. The van der Waals surface area contributed by atoms with Gasteiger partial charge in [0.05, 0.1) is 6.10 Å². The van der Waals surface area contributed by atoms with Gasteiger partial charge in [0.2, 0.25) is 0 Å². The number of H-pyrrole nitrogens is 1. The number of hydrogen-bond acceptors (Lipinski definition) is 5. The second-order valence-electron chi connectivity index (χ2n) is 5.31. The van der Waals surface area contributed by atoms with Gasteiger partial charge in [0.1, 0.15) is 11.6 Å². The van der Waals surface area contributed by atoms with E-state index >= 15 is 0 Å². The van der Waals surface area contributed by atoms with Gasteiger partial charge in [-0.25, -0.2) is 9.97 Å². The van der Waals surface area contributed by atoms with E-state index in [2.05, 4.69) is 25.5 Å². The topological polar surface area (TPSA) is 86.7 Å². The molecule has 20 heavy (non-hydrogen) atoms. The van der Waals surface area contributed by atoms with Gasteiger partial charge >= 0.3 is 0 Å². The highest BCUT2D eigenvalue weighted by atomic mass is 16.3. The molecule has 0 spiro atoms. The Bertz CT molecular complexity index is 563. The van der Waals surface area contributed by atoms with Crippen LogP contribution in [0.2, 0.25) is 0 Å². The van der Waals surface area contributed by atoms with Gasteiger partial charge in [-0.15, -0.1) is 0 Å². The van der Waals surface area contributed by atoms with Crippen LogP contribution in [0.1, 0.15) is 36.0 Å². The molecule has 2 heterocycles. The minimum Gasteiger partial charge on any atom is -0.393 e. The molecule has 2 aromatic heterocycles. The first-order valence-corrected chi connectivity index (χ1v) is 6.96. The number of rotatable bonds is 5. The number of aliphatic hydroxyl groups excluding tert-OH is 1. The molecule has 0 atom stereocenters. The van der Waals surface area contributed by atoms with Gasteiger partial charge in [-0.2, -0.15) is 5.10 Å². The third-order valence-corrected chi connectivity index (χ3v) is 3.65. The van der Waals surface area contributed by atoms with Crippen molar-refractivity contribution in [2.24, 2.45) is 0 Å². The first-order chi connectivity index (χ1) is 9.70. The molecule has 106 valence electrons. The summed E-state index contributed by atoms with van der Waals surface area (Å²) in [6.07, 6.45) is 4.09. The predicted octanol–water partition coefficient (Wildman–Crippen LogP) is 1.40. The van der Waals surface area contributed by atoms with Crippen LogP contribution in [-0.4, -0.2) is 37.9 Å². The second-order valence-corrected chi connectivity index (χ2v) is 5.31. The summed E-state index contributed by atoms with van der Waals surface area (Å²) in [5, 5.41) is 19.6. The van der Waals surface area contributed by atoms with Crippen LogP contribution in [0, 0.1) is 6.92 Å². The van der Waals surface area contributed by atoms with Crippen molar-refractivity contribution in [1.82, 2.24) is 20.2 Å². The molecule has 0 unspecified atom stereocenters. The summed E-state index contributed by atoms with van der Waals surface area (Å²) < 4.78 is 0. The fraction of sp³-hybridized carbons (Fsp3) is 0.500. The van der Waals surface area contributed by atoms with Crippen molar-refractivity contribution in [3.05, 3.63) is 35.5 Å². The van der Waals surface area contributed by atoms with Gasteiger partial charge in [-0.05, 0) is 25.8 Å². The molecule has 0 saturated heterocycles. The van der Waals surface area contributed by atoms with E-state index in [0.29, 0.717) is 5.92 Å². The van der Waals surface area contributed by atoms with Crippen LogP contribution in [0.5, 0.6) is 0 Å². The lowest BCUT2D eigenvalue weighted by atomic mass is 9.80. The third-order valence-electron chi connectivity index (χ3n) is 3.65. The molecule has 1 fully saturated rings. The lowest BCUT2D eigenvalue weighted by Crippen LogP contribution is -2.27. The molecule has 0 aliphatic heterocycles. The molecule has 0 amide bonds. The molecule has 3 rings (SSSR count). The van der Waals surface area contributed by atoms with Crippen LogP contribution >= 0.6 is 0 Å². The minimum atomic E-state index is -0.160. The van der Waals surface area contributed by atoms with Crippen LogP contribution < -0.4 is 5.32 Å². The van der Waals surface area contributed by atoms with Gasteiger partial charge in [-0.3, -0.25) is 5.10 Å². The van der Waals surface area contributed by atoms with E-state index in [4.69, 9.17) is 0 Å². The maximum Gasteiger partial charge on any atom is 0.129 e. The molecule has 3 N–H and O–H groups in total. The van der Waals surface area contributed by atoms with Gasteiger partial charge in [0.15, 0.2) is 0 Å². The van der Waals surface area contributed by atoms with Crippen molar-refractivity contribution in [2.75, 3.05) is 11.9 Å². The average Bonchev–Trinajstić information content (AvgIpc) is 2.87. The Morgan fingerprint density at radius 1 is 1.40 bits per heavy atom. The Morgan fingerprint density at radius 3 is 2.95 bits per heavy atom. The molecule has 1 aliphatic carbocycles. The van der Waals surface area contributed by atoms with Crippen LogP contribution in [-0.2, 0) is 6.42 Å². The van der Waals surface area contributed by atoms with Gasteiger partial charge < -0.3 is 10.4 Å². The highest BCUT2D eigenvalue weighted by molar-refractivity contribution is 5.37. The number of aliphatic hydroxyl groups is 1. The third kappa shape index (κ3) is 2.96. The van der Waals surface area contributed by atoms with Gasteiger partial charge in [0.25, 0.3) is 0 Å². The lowest BCUT2D eigenvalue weighted by Gasteiger charge is -2.31. The monoisotopic (exact) mass is 273 g/mol. The molecule has 0 radical (unpaired) electrons. The Kier molecular flexibility index (Phi) is 3.64. The summed E-state index contributed by atoms with van der Waals surface area (Å²) in [5.74, 6) is 2.00. The van der Waals surface area contributed by atoms with E-state index in [0.717, 1.165) is 48.8 Å². The predicted molar refractivity (Wildman–Crippen MR) is 75.5 cm³/mol.